The van der Waals surface area contributed by atoms with Crippen LogP contribution >= 0.6 is 19.2 Å². The number of hydrogen-bond donors (Lipinski definition) is 2. The molecule has 0 aliphatic heterocycles. The Morgan fingerprint density at radius 2 is 1.12 bits per heavy atom. The van der Waals surface area contributed by atoms with Crippen LogP contribution < -0.4 is 10.6 Å². The van der Waals surface area contributed by atoms with Crippen molar-refractivity contribution in [3.8, 4) is 0 Å². The SMILES string of the molecule is CC(C)(C)OC(=O)CC[C@H](CP(=O)(OCCC[C@H](NC(=O)CC[C@H](CC(=O)CCCCCNC(=O)CCCCCCC(=O)c1cnc(F)c(Cl)c1)C(=O)OC(C)(C)C)C(=O)OC(C)(C)C)OC(C)(C)C)C(=O)OC(C)(C)C. The molecule has 1 heterocycles. The van der Waals surface area contributed by atoms with Crippen molar-refractivity contribution in [3.63, 3.8) is 0 Å². The highest BCUT2D eigenvalue weighted by molar-refractivity contribution is 7.53. The standard InChI is InChI=1S/C56H92ClFN3O15P/c1-52(2,3)72-47(66)31-29-39(50(68)74-54(7,8)9)37-77(70,76-56(13,14)15)71-33-23-25-43(51(69)75-55(10,11)12)61-46(65)30-28-38(49(67)73-53(4,5)6)34-41(62)24-19-18-22-32-59-45(64)27-21-17-16-20-26-44(63)40-35-42(57)48(58)60-36-40/h35-36,38-39,43H,16-34,37H2,1-15H3,(H,59,64)(H,61,65)/t38-,39-,43+,77?/m1/s1. The molecule has 1 aromatic heterocycles. The summed E-state index contributed by atoms with van der Waals surface area (Å²) in [6, 6.07) is 0.0787. The van der Waals surface area contributed by atoms with E-state index >= 15 is 0 Å². The maximum Gasteiger partial charge on any atom is 0.332 e. The summed E-state index contributed by atoms with van der Waals surface area (Å²) in [6.07, 6.45) is 5.50. The third kappa shape index (κ3) is 35.0. The van der Waals surface area contributed by atoms with Crippen LogP contribution in [0.25, 0.3) is 0 Å². The zero-order valence-corrected chi connectivity index (χ0v) is 50.5. The lowest BCUT2D eigenvalue weighted by Crippen LogP contribution is -2.44. The van der Waals surface area contributed by atoms with Crippen LogP contribution in [-0.2, 0) is 66.1 Å². The van der Waals surface area contributed by atoms with Gasteiger partial charge < -0.3 is 38.6 Å². The van der Waals surface area contributed by atoms with Crippen LogP contribution in [0.1, 0.15) is 223 Å². The summed E-state index contributed by atoms with van der Waals surface area (Å²) in [4.78, 5) is 108. The first kappa shape index (κ1) is 70.7. The number of hydrogen-bond acceptors (Lipinski definition) is 16. The fraction of sp³-hybridized carbons (Fsp3) is 0.768. The van der Waals surface area contributed by atoms with Gasteiger partial charge in [0.2, 0.25) is 17.8 Å². The molecular formula is C56H92ClFN3O15P. The number of pyridine rings is 1. The first-order valence-corrected chi connectivity index (χ1v) is 29.1. The Morgan fingerprint density at radius 3 is 1.68 bits per heavy atom. The molecule has 440 valence electrons. The van der Waals surface area contributed by atoms with Gasteiger partial charge in [-0.2, -0.15) is 4.39 Å². The molecule has 0 saturated carbocycles. The van der Waals surface area contributed by atoms with E-state index in [9.17, 15) is 47.3 Å². The third-order valence-corrected chi connectivity index (χ3v) is 13.3. The molecule has 0 fully saturated rings. The second-order valence-corrected chi connectivity index (χ2v) is 26.9. The second-order valence-electron chi connectivity index (χ2n) is 24.5. The number of amides is 2. The minimum atomic E-state index is -4.11. The Morgan fingerprint density at radius 1 is 0.597 bits per heavy atom. The molecule has 0 saturated heterocycles. The van der Waals surface area contributed by atoms with Gasteiger partial charge in [-0.3, -0.25) is 38.1 Å². The highest BCUT2D eigenvalue weighted by atomic mass is 35.5. The Labute approximate surface area is 462 Å². The number of aromatic nitrogens is 1. The van der Waals surface area contributed by atoms with Gasteiger partial charge in [0.1, 0.15) is 34.2 Å². The van der Waals surface area contributed by atoms with Gasteiger partial charge in [0, 0.05) is 56.8 Å². The number of esters is 4. The summed E-state index contributed by atoms with van der Waals surface area (Å²) in [6.45, 7) is 25.6. The minimum absolute atomic E-state index is 0.0244. The molecule has 0 bridgehead atoms. The molecule has 4 atom stereocenters. The van der Waals surface area contributed by atoms with Gasteiger partial charge in [0.15, 0.2) is 5.78 Å². The maximum atomic E-state index is 14.5. The Balaban J connectivity index is 2.88. The third-order valence-electron chi connectivity index (χ3n) is 10.7. The summed E-state index contributed by atoms with van der Waals surface area (Å²) < 4.78 is 62.0. The smallest absolute Gasteiger partial charge is 0.332 e. The van der Waals surface area contributed by atoms with Crippen molar-refractivity contribution in [1.29, 1.82) is 0 Å². The van der Waals surface area contributed by atoms with Crippen molar-refractivity contribution in [2.24, 2.45) is 11.8 Å². The van der Waals surface area contributed by atoms with Gasteiger partial charge in [-0.25, -0.2) is 9.78 Å². The lowest BCUT2D eigenvalue weighted by Gasteiger charge is -2.30. The van der Waals surface area contributed by atoms with Crippen LogP contribution in [-0.4, -0.2) is 106 Å². The van der Waals surface area contributed by atoms with Crippen molar-refractivity contribution in [3.05, 3.63) is 28.8 Å². The van der Waals surface area contributed by atoms with Gasteiger partial charge >= 0.3 is 31.5 Å². The molecule has 18 nitrogen and oxygen atoms in total. The molecule has 0 aliphatic rings. The molecule has 77 heavy (non-hydrogen) atoms. The monoisotopic (exact) mass is 1130 g/mol. The number of unbranched alkanes of at least 4 members (excludes halogenated alkanes) is 5. The number of carbonyl (C=O) groups excluding carboxylic acids is 8. The van der Waals surface area contributed by atoms with Crippen LogP contribution in [0.15, 0.2) is 12.3 Å². The maximum absolute atomic E-state index is 14.5. The number of Topliss-reactive ketones (excluding diaryl/α,β-unsaturated/α-hetero) is 2. The summed E-state index contributed by atoms with van der Waals surface area (Å²) >= 11 is 5.72. The van der Waals surface area contributed by atoms with Gasteiger partial charge in [-0.05, 0) is 161 Å². The van der Waals surface area contributed by atoms with E-state index in [-0.39, 0.29) is 92.5 Å². The molecule has 1 unspecified atom stereocenters. The first-order valence-electron chi connectivity index (χ1n) is 27.0. The summed E-state index contributed by atoms with van der Waals surface area (Å²) in [7, 11) is -4.11. The first-order chi connectivity index (χ1) is 35.3. The zero-order valence-electron chi connectivity index (χ0n) is 48.8. The van der Waals surface area contributed by atoms with Gasteiger partial charge in [-0.15, -0.1) is 0 Å². The van der Waals surface area contributed by atoms with Crippen LogP contribution in [0.3, 0.4) is 0 Å². The van der Waals surface area contributed by atoms with Crippen molar-refractivity contribution >= 4 is 66.5 Å². The van der Waals surface area contributed by atoms with E-state index in [1.165, 1.54) is 12.3 Å². The number of halogens is 2. The quantitative estimate of drug-likeness (QED) is 0.0163. The molecule has 0 aliphatic carbocycles. The Kier molecular flexibility index (Phi) is 30.0. The van der Waals surface area contributed by atoms with E-state index in [0.717, 1.165) is 12.8 Å². The Bertz CT molecular complexity index is 2150. The van der Waals surface area contributed by atoms with E-state index < -0.39 is 95.4 Å². The zero-order chi connectivity index (χ0) is 59.0. The predicted octanol–water partition coefficient (Wildman–Crippen LogP) is 11.5. The van der Waals surface area contributed by atoms with Crippen molar-refractivity contribution in [2.75, 3.05) is 19.3 Å². The van der Waals surface area contributed by atoms with E-state index in [0.29, 0.717) is 45.1 Å². The number of nitrogens with one attached hydrogen (secondary N) is 2. The summed E-state index contributed by atoms with van der Waals surface area (Å²) in [5.74, 6) is -6.50. The van der Waals surface area contributed by atoms with E-state index in [1.807, 2.05) is 0 Å². The molecule has 1 aromatic rings. The number of ketones is 2. The lowest BCUT2D eigenvalue weighted by molar-refractivity contribution is -0.162. The number of carbonyl (C=O) groups is 8. The second kappa shape index (κ2) is 32.7. The van der Waals surface area contributed by atoms with E-state index in [4.69, 9.17) is 39.6 Å². The number of nitrogens with zero attached hydrogens (tertiary/aromatic N) is 1. The fourth-order valence-electron chi connectivity index (χ4n) is 7.49. The molecule has 2 N–H and O–H groups in total. The normalized spacial score (nSPS) is 14.3. The van der Waals surface area contributed by atoms with Gasteiger partial charge in [0.25, 0.3) is 0 Å². The number of rotatable bonds is 34. The molecule has 0 aromatic carbocycles. The number of ether oxygens (including phenoxy) is 4. The van der Waals surface area contributed by atoms with Crippen LogP contribution in [0.4, 0.5) is 4.39 Å². The molecule has 1 rings (SSSR count). The van der Waals surface area contributed by atoms with Gasteiger partial charge in [-0.1, -0.05) is 30.9 Å². The van der Waals surface area contributed by atoms with Gasteiger partial charge in [0.05, 0.1) is 35.2 Å². The molecule has 0 radical (unpaired) electrons. The summed E-state index contributed by atoms with van der Waals surface area (Å²) in [5.41, 5.74) is -4.17. The Hall–Kier alpha value is -4.32. The molecule has 0 spiro atoms. The average Bonchev–Trinajstić information content (AvgIpc) is 3.25. The van der Waals surface area contributed by atoms with Crippen molar-refractivity contribution in [1.82, 2.24) is 15.6 Å². The van der Waals surface area contributed by atoms with Crippen LogP contribution in [0.5, 0.6) is 0 Å². The highest BCUT2D eigenvalue weighted by Gasteiger charge is 2.39. The largest absolute Gasteiger partial charge is 0.460 e. The highest BCUT2D eigenvalue weighted by Crippen LogP contribution is 2.54. The van der Waals surface area contributed by atoms with Crippen LogP contribution in [0.2, 0.25) is 5.02 Å². The van der Waals surface area contributed by atoms with E-state index in [1.54, 1.807) is 104 Å². The average molecular weight is 1130 g/mol. The van der Waals surface area contributed by atoms with Crippen LogP contribution in [0, 0.1) is 17.8 Å². The van der Waals surface area contributed by atoms with E-state index in [2.05, 4.69) is 15.6 Å². The molecule has 21 heteroatoms. The lowest BCUT2D eigenvalue weighted by atomic mass is 9.94. The topological polar surface area (TPSA) is 246 Å². The molecular weight excluding hydrogens is 1040 g/mol. The summed E-state index contributed by atoms with van der Waals surface area (Å²) in [5, 5.41) is 5.40. The predicted molar refractivity (Wildman–Crippen MR) is 292 cm³/mol. The molecule has 2 amide bonds. The van der Waals surface area contributed by atoms with Crippen molar-refractivity contribution < 1.29 is 75.3 Å². The van der Waals surface area contributed by atoms with Crippen molar-refractivity contribution in [2.45, 2.75) is 247 Å². The minimum Gasteiger partial charge on any atom is -0.460 e. The fourth-order valence-corrected chi connectivity index (χ4v) is 10.0.